The molecule has 0 unspecified atom stereocenters. The first-order valence-electron chi connectivity index (χ1n) is 11.0. The first-order valence-corrected chi connectivity index (χ1v) is 11.0. The number of hydrogen-bond donors (Lipinski definition) is 0. The third kappa shape index (κ3) is 8.69. The molecule has 0 saturated carbocycles. The monoisotopic (exact) mass is 410 g/mol. The molecule has 0 spiro atoms. The molecule has 0 saturated heterocycles. The predicted octanol–water partition coefficient (Wildman–Crippen LogP) is 1.26. The molecule has 29 heavy (non-hydrogen) atoms. The first-order chi connectivity index (χ1) is 13.6. The minimum atomic E-state index is -0.968. The molecule has 1 heterocycles. The number of carbonyl (C=O) groups is 1. The molecule has 156 valence electrons. The zero-order chi connectivity index (χ0) is 20.2. The van der Waals surface area contributed by atoms with E-state index in [1.54, 1.807) is 0 Å². The largest absolute Gasteiger partial charge is 1.00 e. The summed E-state index contributed by atoms with van der Waals surface area (Å²) in [6.45, 7) is 3.74. The molecule has 1 aromatic carbocycles. The molecule has 2 aromatic rings. The van der Waals surface area contributed by atoms with Gasteiger partial charge < -0.3 is 9.90 Å². The van der Waals surface area contributed by atoms with Crippen molar-refractivity contribution >= 4 is 17.0 Å². The van der Waals surface area contributed by atoms with Gasteiger partial charge in [-0.25, -0.2) is 4.79 Å². The zero-order valence-corrected chi connectivity index (χ0v) is 20.3. The van der Waals surface area contributed by atoms with Gasteiger partial charge in [0.25, 0.3) is 0 Å². The van der Waals surface area contributed by atoms with Crippen LogP contribution < -0.4 is 40.4 Å². The minimum absolute atomic E-state index is 0. The number of carboxylic acid groups (broad SMARTS) is 1. The van der Waals surface area contributed by atoms with Crippen molar-refractivity contribution in [2.45, 2.75) is 97.1 Å². The van der Waals surface area contributed by atoms with Gasteiger partial charge in [-0.2, -0.15) is 0 Å². The Hall–Kier alpha value is -1.04. The molecular formula is C23H35N2NaO3. The van der Waals surface area contributed by atoms with E-state index in [1.165, 1.54) is 32.1 Å². The van der Waals surface area contributed by atoms with Crippen molar-refractivity contribution in [3.8, 4) is 0 Å². The van der Waals surface area contributed by atoms with Crippen LogP contribution >= 0.6 is 0 Å². The normalized spacial score (nSPS) is 10.9. The van der Waals surface area contributed by atoms with E-state index in [1.807, 2.05) is 33.4 Å². The average Bonchev–Trinajstić information content (AvgIpc) is 2.95. The van der Waals surface area contributed by atoms with E-state index in [0.717, 1.165) is 56.2 Å². The number of benzene rings is 1. The number of unbranched alkanes of at least 4 members (excludes halogenated alkanes) is 9. The van der Waals surface area contributed by atoms with Crippen LogP contribution in [0.15, 0.2) is 29.1 Å². The van der Waals surface area contributed by atoms with Crippen molar-refractivity contribution in [1.82, 2.24) is 9.13 Å². The Morgan fingerprint density at radius 2 is 1.24 bits per heavy atom. The molecule has 2 rings (SSSR count). The van der Waals surface area contributed by atoms with Crippen LogP contribution in [0, 0.1) is 0 Å². The Morgan fingerprint density at radius 1 is 0.793 bits per heavy atom. The fourth-order valence-electron chi connectivity index (χ4n) is 3.82. The van der Waals surface area contributed by atoms with E-state index >= 15 is 0 Å². The number of aryl methyl sites for hydroxylation is 2. The Bertz CT molecular complexity index is 782. The standard InChI is InChI=1S/C23H36N2O3.Na/c1-2-3-4-5-8-13-18-24-20-15-11-12-16-21(20)25(23(24)28)19-14-9-6-7-10-17-22(26)27;/h11-12,15-16H,2-10,13-14,17-19H2,1H3,(H,26,27);/q;+1/p-1. The summed E-state index contributed by atoms with van der Waals surface area (Å²) in [5.74, 6) is -0.968. The maximum Gasteiger partial charge on any atom is 1.00 e. The van der Waals surface area contributed by atoms with E-state index in [0.29, 0.717) is 6.42 Å². The van der Waals surface area contributed by atoms with Gasteiger partial charge in [-0.05, 0) is 37.8 Å². The van der Waals surface area contributed by atoms with Gasteiger partial charge in [0.15, 0.2) is 0 Å². The van der Waals surface area contributed by atoms with E-state index < -0.39 is 5.97 Å². The number of rotatable bonds is 15. The number of para-hydroxylation sites is 2. The molecule has 0 amide bonds. The number of nitrogens with zero attached hydrogens (tertiary/aromatic N) is 2. The fourth-order valence-corrected chi connectivity index (χ4v) is 3.82. The number of aliphatic carboxylic acids is 1. The Labute approximate surface area is 196 Å². The van der Waals surface area contributed by atoms with Gasteiger partial charge in [-0.3, -0.25) is 9.13 Å². The molecule has 0 radical (unpaired) electrons. The van der Waals surface area contributed by atoms with Crippen molar-refractivity contribution < 1.29 is 39.5 Å². The molecule has 0 bridgehead atoms. The summed E-state index contributed by atoms with van der Waals surface area (Å²) < 4.78 is 3.85. The van der Waals surface area contributed by atoms with Crippen LogP contribution in [0.25, 0.3) is 11.0 Å². The summed E-state index contributed by atoms with van der Waals surface area (Å²) in [6, 6.07) is 8.08. The minimum Gasteiger partial charge on any atom is -0.550 e. The zero-order valence-electron chi connectivity index (χ0n) is 18.3. The molecule has 6 heteroatoms. The second kappa shape index (κ2) is 14.9. The van der Waals surface area contributed by atoms with Crippen LogP contribution in [-0.4, -0.2) is 15.1 Å². The number of carboxylic acids is 1. The van der Waals surface area contributed by atoms with Gasteiger partial charge in [-0.15, -0.1) is 0 Å². The summed E-state index contributed by atoms with van der Waals surface area (Å²) in [5.41, 5.74) is 2.16. The van der Waals surface area contributed by atoms with Crippen LogP contribution in [-0.2, 0) is 17.9 Å². The maximum atomic E-state index is 12.9. The van der Waals surface area contributed by atoms with Crippen LogP contribution in [0.5, 0.6) is 0 Å². The van der Waals surface area contributed by atoms with Crippen LogP contribution in [0.2, 0.25) is 0 Å². The molecule has 0 aliphatic heterocycles. The summed E-state index contributed by atoms with van der Waals surface area (Å²) >= 11 is 0. The van der Waals surface area contributed by atoms with Gasteiger partial charge >= 0.3 is 35.2 Å². The number of fused-ring (bicyclic) bond motifs is 1. The van der Waals surface area contributed by atoms with Crippen molar-refractivity contribution in [2.75, 3.05) is 0 Å². The smallest absolute Gasteiger partial charge is 0.550 e. The summed E-state index contributed by atoms with van der Waals surface area (Å²) in [6.07, 6.45) is 12.0. The third-order valence-electron chi connectivity index (χ3n) is 5.42. The summed E-state index contributed by atoms with van der Waals surface area (Å²) in [4.78, 5) is 23.4. The van der Waals surface area contributed by atoms with Crippen molar-refractivity contribution in [2.24, 2.45) is 0 Å². The van der Waals surface area contributed by atoms with Crippen molar-refractivity contribution in [3.63, 3.8) is 0 Å². The van der Waals surface area contributed by atoms with E-state index in [-0.39, 0.29) is 41.7 Å². The molecule has 1 aromatic heterocycles. The van der Waals surface area contributed by atoms with Crippen LogP contribution in [0.4, 0.5) is 0 Å². The molecule has 0 N–H and O–H groups in total. The van der Waals surface area contributed by atoms with Crippen molar-refractivity contribution in [1.29, 1.82) is 0 Å². The number of aromatic nitrogens is 2. The number of imidazole rings is 1. The van der Waals surface area contributed by atoms with Gasteiger partial charge in [0.05, 0.1) is 11.0 Å². The molecule has 0 atom stereocenters. The Morgan fingerprint density at radius 3 is 1.72 bits per heavy atom. The fraction of sp³-hybridized carbons (Fsp3) is 0.652. The van der Waals surface area contributed by atoms with E-state index in [9.17, 15) is 14.7 Å². The van der Waals surface area contributed by atoms with Gasteiger partial charge in [0.2, 0.25) is 0 Å². The van der Waals surface area contributed by atoms with Gasteiger partial charge in [0.1, 0.15) is 0 Å². The second-order valence-electron chi connectivity index (χ2n) is 7.73. The quantitative estimate of drug-likeness (QED) is 0.328. The average molecular weight is 411 g/mol. The molecular weight excluding hydrogens is 375 g/mol. The molecule has 0 aliphatic rings. The molecule has 0 fully saturated rings. The molecule has 5 nitrogen and oxygen atoms in total. The second-order valence-corrected chi connectivity index (χ2v) is 7.73. The summed E-state index contributed by atoms with van der Waals surface area (Å²) in [7, 11) is 0. The SMILES string of the molecule is CCCCCCCCn1c(=O)n(CCCCCCCC(=O)[O-])c2ccccc21.[Na+]. The number of carbonyl (C=O) groups excluding carboxylic acids is 1. The first kappa shape index (κ1) is 26.0. The van der Waals surface area contributed by atoms with E-state index in [4.69, 9.17) is 0 Å². The molecule has 0 aliphatic carbocycles. The summed E-state index contributed by atoms with van der Waals surface area (Å²) in [5, 5.41) is 10.4. The van der Waals surface area contributed by atoms with Crippen molar-refractivity contribution in [3.05, 3.63) is 34.7 Å². The third-order valence-corrected chi connectivity index (χ3v) is 5.42. The number of hydrogen-bond acceptors (Lipinski definition) is 3. The predicted molar refractivity (Wildman–Crippen MR) is 112 cm³/mol. The van der Waals surface area contributed by atoms with Gasteiger partial charge in [-0.1, -0.05) is 70.4 Å². The Balaban J connectivity index is 0.00000420. The van der Waals surface area contributed by atoms with E-state index in [2.05, 4.69) is 6.92 Å². The van der Waals surface area contributed by atoms with Crippen LogP contribution in [0.1, 0.15) is 84.0 Å². The maximum absolute atomic E-state index is 12.9. The topological polar surface area (TPSA) is 67.1 Å². The van der Waals surface area contributed by atoms with Crippen LogP contribution in [0.3, 0.4) is 0 Å². The Kier molecular flexibility index (Phi) is 13.3. The van der Waals surface area contributed by atoms with Gasteiger partial charge in [0, 0.05) is 19.1 Å².